The van der Waals surface area contributed by atoms with E-state index < -0.39 is 34.8 Å². The molecule has 0 aliphatic carbocycles. The Labute approximate surface area is 201 Å². The molecule has 0 aromatic carbocycles. The molecule has 1 aromatic heterocycles. The summed E-state index contributed by atoms with van der Waals surface area (Å²) < 4.78 is 0. The van der Waals surface area contributed by atoms with E-state index in [-0.39, 0.29) is 24.9 Å². The number of rotatable bonds is 16. The van der Waals surface area contributed by atoms with Gasteiger partial charge in [-0.3, -0.25) is 24.9 Å². The van der Waals surface area contributed by atoms with E-state index in [1.165, 1.54) is 17.5 Å². The second-order valence-corrected chi connectivity index (χ2v) is 9.06. The number of anilines is 1. The van der Waals surface area contributed by atoms with Crippen LogP contribution in [-0.2, 0) is 14.4 Å². The monoisotopic (exact) mass is 500 g/mol. The quantitative estimate of drug-likeness (QED) is 0.0657. The molecule has 0 saturated carbocycles. The highest BCUT2D eigenvalue weighted by Crippen LogP contribution is 2.21. The lowest BCUT2D eigenvalue weighted by molar-refractivity contribution is -0.494. The Morgan fingerprint density at radius 2 is 2.03 bits per heavy atom. The molecule has 0 aliphatic heterocycles. The Morgan fingerprint density at radius 1 is 1.32 bits per heavy atom. The predicted octanol–water partition coefficient (Wildman–Crippen LogP) is 1.68. The molecular weight excluding hydrogens is 468 g/mol. The van der Waals surface area contributed by atoms with Crippen molar-refractivity contribution in [2.45, 2.75) is 52.6 Å². The molecule has 15 heteroatoms. The molecule has 0 radical (unpaired) electrons. The number of hydrogen-bond donors (Lipinski definition) is 4. The van der Waals surface area contributed by atoms with Crippen LogP contribution >= 0.6 is 11.3 Å². The summed E-state index contributed by atoms with van der Waals surface area (Å²) in [6, 6.07) is -1.74. The van der Waals surface area contributed by atoms with Gasteiger partial charge < -0.3 is 20.7 Å². The molecule has 0 unspecified atom stereocenters. The molecule has 14 nitrogen and oxygen atoms in total. The van der Waals surface area contributed by atoms with E-state index in [1.807, 2.05) is 13.8 Å². The molecule has 0 spiro atoms. The number of hydroxylamine groups is 2. The van der Waals surface area contributed by atoms with Gasteiger partial charge in [0.2, 0.25) is 24.9 Å². The highest BCUT2D eigenvalue weighted by atomic mass is 32.1. The van der Waals surface area contributed by atoms with E-state index in [0.717, 1.165) is 0 Å². The van der Waals surface area contributed by atoms with E-state index in [1.54, 1.807) is 19.2 Å². The zero-order valence-electron chi connectivity index (χ0n) is 19.6. The number of amides is 3. The lowest BCUT2D eigenvalue weighted by atomic mass is 9.89. The summed E-state index contributed by atoms with van der Waals surface area (Å²) in [6.45, 7) is 7.44. The number of thiazole rings is 1. The van der Waals surface area contributed by atoms with Crippen LogP contribution in [0, 0.1) is 27.9 Å². The standard InChI is InChI=1S/C19H32N8O6S/c1-12(2)9-15(14(4)26(31)11-28)17(29)23-16(18(30)24-19-21-7-8-34-19)13(3)5-6-20-10-22-25-27(32)33/h7-8,11-16,20,31H,5-6,9-10H2,1-4H3,(H,23,29)(H,21,24,30)/t13-,14+,15-,16+/m1/s1. The lowest BCUT2D eigenvalue weighted by Gasteiger charge is -2.31. The summed E-state index contributed by atoms with van der Waals surface area (Å²) in [5.74, 6) is -1.94. The number of nitrogens with one attached hydrogen (secondary N) is 3. The topological polar surface area (TPSA) is 192 Å². The average Bonchev–Trinajstić information content (AvgIpc) is 3.29. The van der Waals surface area contributed by atoms with E-state index in [0.29, 0.717) is 29.6 Å². The van der Waals surface area contributed by atoms with Crippen LogP contribution in [0.1, 0.15) is 40.5 Å². The van der Waals surface area contributed by atoms with Gasteiger partial charge in [0, 0.05) is 11.6 Å². The predicted molar refractivity (Wildman–Crippen MR) is 123 cm³/mol. The van der Waals surface area contributed by atoms with Crippen molar-refractivity contribution >= 4 is 34.7 Å². The fourth-order valence-electron chi connectivity index (χ4n) is 3.21. The Bertz CT molecular complexity index is 822. The van der Waals surface area contributed by atoms with Crippen LogP contribution < -0.4 is 16.0 Å². The molecule has 3 amide bonds. The van der Waals surface area contributed by atoms with Crippen LogP contribution in [0.15, 0.2) is 21.9 Å². The van der Waals surface area contributed by atoms with Crippen molar-refractivity contribution in [3.05, 3.63) is 21.7 Å². The molecule has 0 fully saturated rings. The van der Waals surface area contributed by atoms with Gasteiger partial charge in [-0.05, 0) is 38.1 Å². The lowest BCUT2D eigenvalue weighted by Crippen LogP contribution is -2.53. The molecule has 4 atom stereocenters. The summed E-state index contributed by atoms with van der Waals surface area (Å²) in [6.07, 6.45) is 2.59. The number of aromatic nitrogens is 1. The molecule has 0 aliphatic rings. The van der Waals surface area contributed by atoms with Gasteiger partial charge in [0.15, 0.2) is 10.4 Å². The van der Waals surface area contributed by atoms with Crippen molar-refractivity contribution in [2.24, 2.45) is 28.1 Å². The summed E-state index contributed by atoms with van der Waals surface area (Å²) in [5, 5.41) is 36.0. The van der Waals surface area contributed by atoms with Gasteiger partial charge in [-0.15, -0.1) is 11.3 Å². The van der Waals surface area contributed by atoms with Gasteiger partial charge in [-0.1, -0.05) is 20.8 Å². The maximum atomic E-state index is 13.2. The van der Waals surface area contributed by atoms with Crippen LogP contribution in [0.25, 0.3) is 0 Å². The van der Waals surface area contributed by atoms with Gasteiger partial charge in [-0.25, -0.2) is 10.0 Å². The molecule has 0 bridgehead atoms. The van der Waals surface area contributed by atoms with Crippen molar-refractivity contribution in [3.8, 4) is 0 Å². The van der Waals surface area contributed by atoms with Crippen molar-refractivity contribution in [1.29, 1.82) is 0 Å². The van der Waals surface area contributed by atoms with Gasteiger partial charge in [0.25, 0.3) is 0 Å². The maximum absolute atomic E-state index is 13.2. The van der Waals surface area contributed by atoms with Crippen LogP contribution in [-0.4, -0.2) is 63.8 Å². The zero-order valence-corrected chi connectivity index (χ0v) is 20.4. The van der Waals surface area contributed by atoms with Crippen molar-refractivity contribution in [2.75, 3.05) is 18.5 Å². The normalized spacial score (nSPS) is 14.9. The second kappa shape index (κ2) is 15.0. The minimum Gasteiger partial charge on any atom is -0.344 e. The molecule has 34 heavy (non-hydrogen) atoms. The number of hydrogen-bond acceptors (Lipinski definition) is 10. The van der Waals surface area contributed by atoms with Gasteiger partial charge in [-0.2, -0.15) is 0 Å². The van der Waals surface area contributed by atoms with E-state index in [4.69, 9.17) is 0 Å². The first-order valence-corrected chi connectivity index (χ1v) is 11.6. The van der Waals surface area contributed by atoms with Gasteiger partial charge >= 0.3 is 0 Å². The molecular formula is C19H32N8O6S. The number of carbonyl (C=O) groups is 3. The smallest absolute Gasteiger partial charge is 0.249 e. The van der Waals surface area contributed by atoms with Crippen molar-refractivity contribution in [1.82, 2.24) is 20.7 Å². The molecule has 1 heterocycles. The number of nitrogens with zero attached hydrogens (tertiary/aromatic N) is 5. The molecule has 190 valence electrons. The first-order chi connectivity index (χ1) is 16.1. The Balaban J connectivity index is 2.94. The minimum absolute atomic E-state index is 0.0674. The number of carbonyl (C=O) groups excluding carboxylic acids is 3. The van der Waals surface area contributed by atoms with E-state index >= 15 is 0 Å². The maximum Gasteiger partial charge on any atom is 0.249 e. The second-order valence-electron chi connectivity index (χ2n) is 8.17. The fourth-order valence-corrected chi connectivity index (χ4v) is 3.75. The molecule has 1 aromatic rings. The third-order valence-corrected chi connectivity index (χ3v) is 5.77. The highest BCUT2D eigenvalue weighted by molar-refractivity contribution is 7.13. The Morgan fingerprint density at radius 3 is 2.59 bits per heavy atom. The molecule has 1 rings (SSSR count). The third-order valence-electron chi connectivity index (χ3n) is 5.08. The third kappa shape index (κ3) is 10.3. The summed E-state index contributed by atoms with van der Waals surface area (Å²) in [5.41, 5.74) is 0. The first kappa shape index (κ1) is 29.0. The van der Waals surface area contributed by atoms with E-state index in [9.17, 15) is 29.7 Å². The Hall–Kier alpha value is -3.04. The molecule has 0 saturated heterocycles. The SMILES string of the molecule is CC(C)C[C@@H](C(=O)N[C@H](C(=O)Nc1nccs1)[C@H](C)CCNCN=N[N+](=O)[O-])[C@H](C)N(O)C=O. The van der Waals surface area contributed by atoms with Crippen molar-refractivity contribution < 1.29 is 24.6 Å². The average molecular weight is 501 g/mol. The highest BCUT2D eigenvalue weighted by Gasteiger charge is 2.34. The fraction of sp³-hybridized carbons (Fsp3) is 0.684. The largest absolute Gasteiger partial charge is 0.344 e. The van der Waals surface area contributed by atoms with Crippen molar-refractivity contribution in [3.63, 3.8) is 0 Å². The van der Waals surface area contributed by atoms with Crippen LogP contribution in [0.5, 0.6) is 0 Å². The van der Waals surface area contributed by atoms with Gasteiger partial charge in [0.05, 0.1) is 22.1 Å². The number of nitro groups is 1. The van der Waals surface area contributed by atoms with Crippen LogP contribution in [0.4, 0.5) is 5.13 Å². The van der Waals surface area contributed by atoms with Gasteiger partial charge in [0.1, 0.15) is 6.04 Å². The summed E-state index contributed by atoms with van der Waals surface area (Å²) in [4.78, 5) is 51.4. The van der Waals surface area contributed by atoms with Crippen LogP contribution in [0.2, 0.25) is 0 Å². The first-order valence-electron chi connectivity index (χ1n) is 10.7. The summed E-state index contributed by atoms with van der Waals surface area (Å²) in [7, 11) is 0. The Kier molecular flexibility index (Phi) is 12.8. The van der Waals surface area contributed by atoms with Crippen LogP contribution in [0.3, 0.4) is 0 Å². The summed E-state index contributed by atoms with van der Waals surface area (Å²) >= 11 is 1.23. The minimum atomic E-state index is -0.941. The van der Waals surface area contributed by atoms with E-state index in [2.05, 4.69) is 31.3 Å². The zero-order chi connectivity index (χ0) is 25.7. The molecule has 4 N–H and O–H groups in total.